The second-order valence-electron chi connectivity index (χ2n) is 16.8. The van der Waals surface area contributed by atoms with E-state index in [1.807, 2.05) is 23.7 Å². The van der Waals surface area contributed by atoms with Gasteiger partial charge >= 0.3 is 0 Å². The minimum absolute atomic E-state index is 0.0113. The van der Waals surface area contributed by atoms with Gasteiger partial charge in [0.15, 0.2) is 5.65 Å². The summed E-state index contributed by atoms with van der Waals surface area (Å²) in [6.45, 7) is 8.04. The molecule has 10 rings (SSSR count). The van der Waals surface area contributed by atoms with Crippen LogP contribution in [0.1, 0.15) is 55.7 Å². The van der Waals surface area contributed by atoms with Crippen LogP contribution in [0.4, 0.5) is 5.69 Å². The highest BCUT2D eigenvalue weighted by atomic mass is 16.7. The van der Waals surface area contributed by atoms with E-state index in [4.69, 9.17) is 9.82 Å². The lowest BCUT2D eigenvalue weighted by molar-refractivity contribution is -0.158. The van der Waals surface area contributed by atoms with Gasteiger partial charge in [-0.15, -0.1) is 0 Å². The van der Waals surface area contributed by atoms with Crippen molar-refractivity contribution in [3.8, 4) is 0 Å². The third-order valence-corrected chi connectivity index (χ3v) is 13.3. The molecule has 6 aliphatic rings. The number of aryl methyl sites for hydroxylation is 1. The van der Waals surface area contributed by atoms with Crippen molar-refractivity contribution in [2.24, 2.45) is 28.8 Å². The number of fused-ring (bicyclic) bond motifs is 3. The summed E-state index contributed by atoms with van der Waals surface area (Å²) in [4.78, 5) is 57.0. The maximum absolute atomic E-state index is 14.6. The van der Waals surface area contributed by atoms with Gasteiger partial charge in [0.1, 0.15) is 5.78 Å². The van der Waals surface area contributed by atoms with Crippen molar-refractivity contribution in [1.29, 1.82) is 0 Å². The van der Waals surface area contributed by atoms with Crippen molar-refractivity contribution < 1.29 is 19.2 Å². The van der Waals surface area contributed by atoms with Crippen LogP contribution in [0.2, 0.25) is 0 Å². The van der Waals surface area contributed by atoms with Gasteiger partial charge in [-0.25, -0.2) is 9.67 Å². The van der Waals surface area contributed by atoms with Crippen molar-refractivity contribution in [3.63, 3.8) is 0 Å². The standard InChI is InChI=1S/C43H49N9O4/c1-2-52-40-31(19-45-52)37(46-28-13-15-29(53)16-14-28)30(18-44-40)36-17-43(56-49-36,41(54)47-38-32-22-50(23-33(32)38)20-26-9-5-3-6-10-26)42(55)48-39-34-24-51(25-35(34)39)21-27-11-7-4-8-12-27/h3-12,18-19,28,32-35,38-39H,2,13-17,20-25H2,1H3,(H,44,46)(H,47,54)(H,48,55). The van der Waals surface area contributed by atoms with E-state index in [1.54, 1.807) is 12.4 Å². The third kappa shape index (κ3) is 6.44. The molecule has 0 spiro atoms. The van der Waals surface area contributed by atoms with Gasteiger partial charge in [0.05, 0.1) is 29.4 Å². The first-order valence-electron chi connectivity index (χ1n) is 20.4. The van der Waals surface area contributed by atoms with Gasteiger partial charge in [0.25, 0.3) is 17.4 Å². The highest BCUT2D eigenvalue weighted by Gasteiger charge is 2.63. The third-order valence-electron chi connectivity index (χ3n) is 13.3. The smallest absolute Gasteiger partial charge is 0.297 e. The number of amides is 2. The number of ketones is 1. The number of hydrogen-bond acceptors (Lipinski definition) is 10. The summed E-state index contributed by atoms with van der Waals surface area (Å²) in [6.07, 6.45) is 6.03. The van der Waals surface area contributed by atoms with Crippen LogP contribution >= 0.6 is 0 Å². The highest BCUT2D eigenvalue weighted by molar-refractivity contribution is 6.19. The van der Waals surface area contributed by atoms with Crippen LogP contribution in [0.15, 0.2) is 78.2 Å². The predicted octanol–water partition coefficient (Wildman–Crippen LogP) is 3.73. The number of carbonyl (C=O) groups excluding carboxylic acids is 3. The van der Waals surface area contributed by atoms with Crippen LogP contribution in [-0.4, -0.2) is 97.8 Å². The first-order chi connectivity index (χ1) is 27.4. The molecule has 0 bridgehead atoms. The molecule has 4 atom stereocenters. The molecule has 4 unspecified atom stereocenters. The molecule has 0 radical (unpaired) electrons. The van der Waals surface area contributed by atoms with Crippen LogP contribution in [0.3, 0.4) is 0 Å². The Morgan fingerprint density at radius 1 is 0.804 bits per heavy atom. The molecule has 2 amide bonds. The first kappa shape index (κ1) is 35.3. The van der Waals surface area contributed by atoms with E-state index >= 15 is 0 Å². The molecule has 290 valence electrons. The second-order valence-corrected chi connectivity index (χ2v) is 16.8. The number of likely N-dealkylation sites (tertiary alicyclic amines) is 2. The Morgan fingerprint density at radius 3 is 1.89 bits per heavy atom. The number of oxime groups is 1. The molecule has 56 heavy (non-hydrogen) atoms. The Labute approximate surface area is 326 Å². The van der Waals surface area contributed by atoms with Crippen LogP contribution in [-0.2, 0) is 38.9 Å². The minimum atomic E-state index is -1.85. The molecule has 13 heteroatoms. The monoisotopic (exact) mass is 755 g/mol. The van der Waals surface area contributed by atoms with Gasteiger partial charge in [0, 0.05) is 88.5 Å². The summed E-state index contributed by atoms with van der Waals surface area (Å²) >= 11 is 0. The molecule has 3 N–H and O–H groups in total. The number of nitrogens with one attached hydrogen (secondary N) is 3. The molecule has 2 aromatic heterocycles. The summed E-state index contributed by atoms with van der Waals surface area (Å²) in [6, 6.07) is 21.0. The zero-order valence-electron chi connectivity index (χ0n) is 31.8. The fourth-order valence-corrected chi connectivity index (χ4v) is 9.98. The van der Waals surface area contributed by atoms with E-state index in [9.17, 15) is 14.4 Å². The number of aromatic nitrogens is 3. The largest absolute Gasteiger partial charge is 0.381 e. The summed E-state index contributed by atoms with van der Waals surface area (Å²) < 4.78 is 1.84. The van der Waals surface area contributed by atoms with Gasteiger partial charge in [-0.2, -0.15) is 5.10 Å². The van der Waals surface area contributed by atoms with Crippen molar-refractivity contribution in [2.45, 2.75) is 82.4 Å². The van der Waals surface area contributed by atoms with Gasteiger partial charge in [-0.05, 0) is 54.6 Å². The van der Waals surface area contributed by atoms with Gasteiger partial charge in [-0.1, -0.05) is 65.8 Å². The van der Waals surface area contributed by atoms with E-state index < -0.39 is 17.4 Å². The zero-order valence-corrected chi connectivity index (χ0v) is 31.8. The van der Waals surface area contributed by atoms with Crippen molar-refractivity contribution >= 4 is 40.0 Å². The Kier molecular flexibility index (Phi) is 8.89. The van der Waals surface area contributed by atoms with Crippen LogP contribution in [0.25, 0.3) is 11.0 Å². The zero-order chi connectivity index (χ0) is 38.0. The van der Waals surface area contributed by atoms with Gasteiger partial charge < -0.3 is 20.8 Å². The number of rotatable bonds is 12. The molecule has 3 aliphatic heterocycles. The molecule has 4 aromatic rings. The van der Waals surface area contributed by atoms with Gasteiger partial charge in [-0.3, -0.25) is 24.2 Å². The number of Topliss-reactive ketones (excluding diaryl/α,β-unsaturated/α-hetero) is 1. The van der Waals surface area contributed by atoms with E-state index in [0.717, 1.165) is 68.8 Å². The number of anilines is 1. The number of pyridine rings is 1. The summed E-state index contributed by atoms with van der Waals surface area (Å²) in [5, 5.41) is 20.2. The van der Waals surface area contributed by atoms with Crippen LogP contribution < -0.4 is 16.0 Å². The van der Waals surface area contributed by atoms with E-state index in [1.165, 1.54) is 11.1 Å². The van der Waals surface area contributed by atoms with Crippen molar-refractivity contribution in [2.75, 3.05) is 31.5 Å². The average molecular weight is 756 g/mol. The normalized spacial score (nSPS) is 29.7. The lowest BCUT2D eigenvalue weighted by Crippen LogP contribution is -2.59. The maximum Gasteiger partial charge on any atom is 0.297 e. The topological polar surface area (TPSA) is 146 Å². The molecule has 3 aliphatic carbocycles. The van der Waals surface area contributed by atoms with Crippen LogP contribution in [0, 0.1) is 23.7 Å². The molecule has 3 saturated carbocycles. The molecule has 13 nitrogen and oxygen atoms in total. The first-order valence-corrected chi connectivity index (χ1v) is 20.4. The van der Waals surface area contributed by atoms with Crippen molar-refractivity contribution in [3.05, 3.63) is 89.7 Å². The Balaban J connectivity index is 0.878. The molecule has 5 heterocycles. The summed E-state index contributed by atoms with van der Waals surface area (Å²) in [7, 11) is 0. The lowest BCUT2D eigenvalue weighted by Gasteiger charge is -2.27. The number of hydrogen-bond donors (Lipinski definition) is 3. The minimum Gasteiger partial charge on any atom is -0.381 e. The Morgan fingerprint density at radius 2 is 1.36 bits per heavy atom. The molecule has 2 saturated heterocycles. The van der Waals surface area contributed by atoms with E-state index in [2.05, 4.69) is 84.5 Å². The fourth-order valence-electron chi connectivity index (χ4n) is 9.98. The number of nitrogens with zero attached hydrogens (tertiary/aromatic N) is 6. The number of benzene rings is 2. The number of carbonyl (C=O) groups is 3. The quantitative estimate of drug-likeness (QED) is 0.184. The predicted molar refractivity (Wildman–Crippen MR) is 210 cm³/mol. The summed E-state index contributed by atoms with van der Waals surface area (Å²) in [5.74, 6) is 0.751. The van der Waals surface area contributed by atoms with Crippen LogP contribution in [0.5, 0.6) is 0 Å². The second kappa shape index (κ2) is 14.1. The van der Waals surface area contributed by atoms with Crippen molar-refractivity contribution in [1.82, 2.24) is 35.2 Å². The maximum atomic E-state index is 14.6. The number of piperidine rings is 2. The summed E-state index contributed by atoms with van der Waals surface area (Å²) in [5.41, 5.74) is 3.39. The molecular formula is C43H49N9O4. The van der Waals surface area contributed by atoms with Gasteiger partial charge in [0.2, 0.25) is 0 Å². The Hall–Kier alpha value is -5.14. The molecule has 5 fully saturated rings. The molecular weight excluding hydrogens is 707 g/mol. The highest BCUT2D eigenvalue weighted by Crippen LogP contribution is 2.48. The SMILES string of the molecule is CCn1ncc2c(NC3CCC(=O)CC3)c(C3=NOC(C(=O)NC4C5CN(Cc6ccccc6)CC54)(C(=O)NC4C5CN(Cc6ccccc6)CC54)C3)cnc21. The fraction of sp³-hybridized carbons (Fsp3) is 0.488. The van der Waals surface area contributed by atoms with E-state index in [-0.39, 0.29) is 30.3 Å². The van der Waals surface area contributed by atoms with E-state index in [0.29, 0.717) is 54.3 Å². The molecule has 2 aromatic carbocycles. The Bertz CT molecular complexity index is 2070. The lowest BCUT2D eigenvalue weighted by atomic mass is 9.90. The average Bonchev–Trinajstić information content (AvgIpc) is 3.66.